The molecular formula is C27H14N2S2. The van der Waals surface area contributed by atoms with Gasteiger partial charge in [-0.3, -0.25) is 4.40 Å². The molecule has 0 saturated carbocycles. The number of rotatable bonds is 0. The summed E-state index contributed by atoms with van der Waals surface area (Å²) < 4.78 is 7.73. The van der Waals surface area contributed by atoms with Gasteiger partial charge in [-0.15, -0.1) is 22.7 Å². The molecule has 4 aromatic carbocycles. The van der Waals surface area contributed by atoms with E-state index in [1.165, 1.54) is 62.0 Å². The lowest BCUT2D eigenvalue weighted by Gasteiger charge is -2.08. The number of hydrogen-bond donors (Lipinski definition) is 0. The van der Waals surface area contributed by atoms with Gasteiger partial charge >= 0.3 is 0 Å². The van der Waals surface area contributed by atoms with Crippen molar-refractivity contribution in [2.45, 2.75) is 0 Å². The lowest BCUT2D eigenvalue weighted by molar-refractivity contribution is 1.28. The van der Waals surface area contributed by atoms with Crippen LogP contribution in [0.25, 0.3) is 67.7 Å². The first-order chi connectivity index (χ1) is 15.4. The number of benzene rings is 4. The third-order valence-corrected chi connectivity index (χ3v) is 8.98. The molecule has 0 N–H and O–H groups in total. The molecule has 8 rings (SSSR count). The van der Waals surface area contributed by atoms with E-state index in [4.69, 9.17) is 0 Å². The van der Waals surface area contributed by atoms with Gasteiger partial charge in [0.05, 0.1) is 14.9 Å². The Balaban J connectivity index is 1.61. The van der Waals surface area contributed by atoms with Crippen LogP contribution in [-0.2, 0) is 0 Å². The van der Waals surface area contributed by atoms with Gasteiger partial charge in [-0.2, -0.15) is 0 Å². The first-order valence-electron chi connectivity index (χ1n) is 10.3. The lowest BCUT2D eigenvalue weighted by Crippen LogP contribution is -1.90. The van der Waals surface area contributed by atoms with E-state index in [1.807, 2.05) is 28.9 Å². The number of fused-ring (bicyclic) bond motifs is 13. The molecule has 4 heteroatoms. The number of pyridine rings is 1. The molecule has 0 unspecified atom stereocenters. The summed E-state index contributed by atoms with van der Waals surface area (Å²) in [5, 5.41) is 9.17. The maximum atomic E-state index is 4.65. The van der Waals surface area contributed by atoms with Crippen LogP contribution in [0, 0.1) is 0 Å². The molecule has 0 spiro atoms. The largest absolute Gasteiger partial charge is 0.299 e. The van der Waals surface area contributed by atoms with E-state index in [9.17, 15) is 0 Å². The van der Waals surface area contributed by atoms with E-state index in [1.54, 1.807) is 0 Å². The molecular weight excluding hydrogens is 416 g/mol. The highest BCUT2D eigenvalue weighted by atomic mass is 32.1. The van der Waals surface area contributed by atoms with Gasteiger partial charge in [-0.1, -0.05) is 54.6 Å². The van der Waals surface area contributed by atoms with E-state index >= 15 is 0 Å². The zero-order valence-electron chi connectivity index (χ0n) is 16.3. The van der Waals surface area contributed by atoms with Crippen molar-refractivity contribution in [3.63, 3.8) is 0 Å². The van der Waals surface area contributed by atoms with Gasteiger partial charge in [0.2, 0.25) is 0 Å². The smallest absolute Gasteiger partial charge is 0.145 e. The van der Waals surface area contributed by atoms with Crippen LogP contribution in [0.15, 0.2) is 85.2 Å². The molecule has 0 aliphatic rings. The molecule has 0 atom stereocenters. The van der Waals surface area contributed by atoms with Crippen LogP contribution in [0.3, 0.4) is 0 Å². The maximum absolute atomic E-state index is 4.65. The molecule has 0 radical (unpaired) electrons. The second-order valence-electron chi connectivity index (χ2n) is 8.05. The summed E-state index contributed by atoms with van der Waals surface area (Å²) >= 11 is 3.83. The molecule has 31 heavy (non-hydrogen) atoms. The van der Waals surface area contributed by atoms with Crippen LogP contribution in [0.5, 0.6) is 0 Å². The fraction of sp³-hybridized carbons (Fsp3) is 0. The predicted octanol–water partition coefficient (Wildman–Crippen LogP) is 8.38. The highest BCUT2D eigenvalue weighted by Gasteiger charge is 2.15. The average molecular weight is 431 g/mol. The first kappa shape index (κ1) is 16.3. The fourth-order valence-corrected chi connectivity index (χ4v) is 7.63. The summed E-state index contributed by atoms with van der Waals surface area (Å²) in [6.45, 7) is 0. The van der Waals surface area contributed by atoms with E-state index < -0.39 is 0 Å². The summed E-state index contributed by atoms with van der Waals surface area (Å²) in [6.07, 6.45) is 3.98. The van der Waals surface area contributed by atoms with Gasteiger partial charge < -0.3 is 0 Å². The summed E-state index contributed by atoms with van der Waals surface area (Å²) in [5.74, 6) is 0. The van der Waals surface area contributed by atoms with Crippen molar-refractivity contribution in [3.05, 3.63) is 85.2 Å². The normalized spacial score (nSPS) is 12.5. The first-order valence-corrected chi connectivity index (χ1v) is 11.9. The summed E-state index contributed by atoms with van der Waals surface area (Å²) in [7, 11) is 0. The molecule has 2 nitrogen and oxygen atoms in total. The van der Waals surface area contributed by atoms with Crippen molar-refractivity contribution in [3.8, 4) is 0 Å². The van der Waals surface area contributed by atoms with Crippen LogP contribution < -0.4 is 0 Å². The second kappa shape index (κ2) is 5.61. The van der Waals surface area contributed by atoms with Crippen molar-refractivity contribution in [2.75, 3.05) is 0 Å². The third kappa shape index (κ3) is 1.99. The molecule has 4 heterocycles. The number of imidazole rings is 1. The number of hydrogen-bond acceptors (Lipinski definition) is 3. The van der Waals surface area contributed by atoms with Gasteiger partial charge in [0.1, 0.15) is 5.65 Å². The predicted molar refractivity (Wildman–Crippen MR) is 136 cm³/mol. The molecule has 0 bridgehead atoms. The molecule has 0 saturated heterocycles. The zero-order chi connectivity index (χ0) is 20.1. The topological polar surface area (TPSA) is 17.3 Å². The minimum absolute atomic E-state index is 1.02. The lowest BCUT2D eigenvalue weighted by atomic mass is 10.0. The molecule has 4 aromatic heterocycles. The van der Waals surface area contributed by atoms with E-state index in [2.05, 4.69) is 88.4 Å². The Labute approximate surface area is 184 Å². The van der Waals surface area contributed by atoms with Crippen LogP contribution in [-0.4, -0.2) is 9.38 Å². The third-order valence-electron chi connectivity index (χ3n) is 6.46. The van der Waals surface area contributed by atoms with Crippen molar-refractivity contribution in [2.24, 2.45) is 0 Å². The Bertz CT molecular complexity index is 2000. The van der Waals surface area contributed by atoms with E-state index in [-0.39, 0.29) is 0 Å². The Morgan fingerprint density at radius 3 is 2.16 bits per heavy atom. The maximum Gasteiger partial charge on any atom is 0.145 e. The summed E-state index contributed by atoms with van der Waals surface area (Å²) in [4.78, 5) is 4.65. The minimum atomic E-state index is 1.02. The quantitative estimate of drug-likeness (QED) is 0.221. The van der Waals surface area contributed by atoms with Crippen molar-refractivity contribution in [1.29, 1.82) is 0 Å². The highest BCUT2D eigenvalue weighted by Crippen LogP contribution is 2.45. The zero-order valence-corrected chi connectivity index (χ0v) is 17.9. The van der Waals surface area contributed by atoms with Gasteiger partial charge in [0.15, 0.2) is 0 Å². The van der Waals surface area contributed by atoms with Crippen LogP contribution in [0.2, 0.25) is 0 Å². The monoisotopic (exact) mass is 430 g/mol. The van der Waals surface area contributed by atoms with Crippen LogP contribution in [0.1, 0.15) is 0 Å². The molecule has 0 aliphatic heterocycles. The Hall–Kier alpha value is -3.47. The summed E-state index contributed by atoms with van der Waals surface area (Å²) in [5.41, 5.74) is 2.24. The Morgan fingerprint density at radius 2 is 1.29 bits per heavy atom. The standard InChI is InChI=1S/C27H14N2S2/c1-2-7-19-15(5-1)20-13-21-18-10-9-17-16-6-3-4-8-23(16)30-25(17)26(18)31-24(21)14-22(20)29-12-11-28-27(19)29/h1-14H. The van der Waals surface area contributed by atoms with E-state index in [0.29, 0.717) is 0 Å². The van der Waals surface area contributed by atoms with Crippen LogP contribution in [0.4, 0.5) is 0 Å². The fourth-order valence-electron chi connectivity index (χ4n) is 5.08. The number of thiophene rings is 2. The number of nitrogens with zero attached hydrogens (tertiary/aromatic N) is 2. The highest BCUT2D eigenvalue weighted by molar-refractivity contribution is 7.33. The van der Waals surface area contributed by atoms with Crippen molar-refractivity contribution in [1.82, 2.24) is 9.38 Å². The minimum Gasteiger partial charge on any atom is -0.299 e. The molecule has 8 aromatic rings. The van der Waals surface area contributed by atoms with Gasteiger partial charge in [0, 0.05) is 54.1 Å². The SMILES string of the molecule is c1ccc2c(c1)sc1c2ccc2c3cc4c5ccccc5c5nccn5c4cc3sc21. The molecule has 0 aliphatic carbocycles. The van der Waals surface area contributed by atoms with Gasteiger partial charge in [-0.25, -0.2) is 4.98 Å². The molecule has 144 valence electrons. The van der Waals surface area contributed by atoms with Gasteiger partial charge in [-0.05, 0) is 23.6 Å². The van der Waals surface area contributed by atoms with Gasteiger partial charge in [0.25, 0.3) is 0 Å². The summed E-state index contributed by atoms with van der Waals surface area (Å²) in [6, 6.07) is 26.7. The van der Waals surface area contributed by atoms with Crippen LogP contribution >= 0.6 is 22.7 Å². The van der Waals surface area contributed by atoms with E-state index in [0.717, 1.165) is 5.65 Å². The molecule has 0 fully saturated rings. The van der Waals surface area contributed by atoms with Crippen molar-refractivity contribution < 1.29 is 0 Å². The number of aromatic nitrogens is 2. The average Bonchev–Trinajstić information content (AvgIpc) is 3.53. The molecule has 0 amide bonds. The second-order valence-corrected chi connectivity index (χ2v) is 10.2. The Kier molecular flexibility index (Phi) is 2.94. The Morgan fingerprint density at radius 1 is 0.581 bits per heavy atom. The van der Waals surface area contributed by atoms with Crippen molar-refractivity contribution >= 4 is 90.3 Å².